The zero-order valence-electron chi connectivity index (χ0n) is 9.68. The molecule has 15 heavy (non-hydrogen) atoms. The summed E-state index contributed by atoms with van der Waals surface area (Å²) in [6, 6.07) is 0. The third-order valence-corrected chi connectivity index (χ3v) is 3.42. The van der Waals surface area contributed by atoms with E-state index >= 15 is 0 Å². The van der Waals surface area contributed by atoms with Crippen molar-refractivity contribution in [2.24, 2.45) is 0 Å². The third-order valence-electron chi connectivity index (χ3n) is 2.64. The Morgan fingerprint density at radius 3 is 2.27 bits per heavy atom. The van der Waals surface area contributed by atoms with Gasteiger partial charge in [0.15, 0.2) is 0 Å². The average Bonchev–Trinajstić information content (AvgIpc) is 2.14. The van der Waals surface area contributed by atoms with Crippen LogP contribution in [0.4, 0.5) is 5.69 Å². The van der Waals surface area contributed by atoms with Gasteiger partial charge in [-0.1, -0.05) is 0 Å². The predicted octanol–water partition coefficient (Wildman–Crippen LogP) is 2.75. The van der Waals surface area contributed by atoms with Gasteiger partial charge < -0.3 is 4.90 Å². The number of pyridine rings is 1. The molecule has 0 bridgehead atoms. The van der Waals surface area contributed by atoms with Gasteiger partial charge in [-0.05, 0) is 47.8 Å². The fourth-order valence-electron chi connectivity index (χ4n) is 1.54. The molecule has 0 unspecified atom stereocenters. The summed E-state index contributed by atoms with van der Waals surface area (Å²) in [6.45, 7) is 7.45. The van der Waals surface area contributed by atoms with Crippen molar-refractivity contribution < 1.29 is 4.79 Å². The van der Waals surface area contributed by atoms with Crippen molar-refractivity contribution in [1.29, 1.82) is 0 Å². The van der Waals surface area contributed by atoms with E-state index in [2.05, 4.69) is 20.9 Å². The van der Waals surface area contributed by atoms with Crippen molar-refractivity contribution in [1.82, 2.24) is 4.98 Å². The van der Waals surface area contributed by atoms with E-state index in [0.717, 1.165) is 27.1 Å². The van der Waals surface area contributed by atoms with Crippen LogP contribution in [0.1, 0.15) is 23.7 Å². The summed E-state index contributed by atoms with van der Waals surface area (Å²) in [5.74, 6) is 0.0183. The zero-order chi connectivity index (χ0) is 11.7. The van der Waals surface area contributed by atoms with Crippen LogP contribution in [0.5, 0.6) is 0 Å². The first-order chi connectivity index (χ1) is 6.86. The molecular weight excluding hydrogens is 256 g/mol. The van der Waals surface area contributed by atoms with Crippen molar-refractivity contribution in [2.45, 2.75) is 27.7 Å². The fraction of sp³-hybridized carbons (Fsp3) is 0.455. The topological polar surface area (TPSA) is 33.2 Å². The number of amides is 1. The van der Waals surface area contributed by atoms with E-state index in [4.69, 9.17) is 0 Å². The quantitative estimate of drug-likeness (QED) is 0.736. The summed E-state index contributed by atoms with van der Waals surface area (Å²) < 4.78 is 0.846. The predicted molar refractivity (Wildman–Crippen MR) is 65.2 cm³/mol. The van der Waals surface area contributed by atoms with Crippen LogP contribution in [0.25, 0.3) is 0 Å². The largest absolute Gasteiger partial charge is 0.314 e. The third kappa shape index (κ3) is 2.20. The van der Waals surface area contributed by atoms with Crippen LogP contribution in [-0.4, -0.2) is 17.9 Å². The number of hydrogen-bond acceptors (Lipinski definition) is 2. The van der Waals surface area contributed by atoms with Gasteiger partial charge in [0.1, 0.15) is 4.60 Å². The second kappa shape index (κ2) is 4.31. The SMILES string of the molecule is CC(=O)N(C)c1c(C)nc(Br)c(C)c1C. The number of aromatic nitrogens is 1. The van der Waals surface area contributed by atoms with Crippen molar-refractivity contribution >= 4 is 27.5 Å². The lowest BCUT2D eigenvalue weighted by atomic mass is 10.1. The number of aryl methyl sites for hydroxylation is 1. The molecule has 0 aliphatic heterocycles. The second-order valence-electron chi connectivity index (χ2n) is 3.66. The molecule has 0 saturated heterocycles. The number of carbonyl (C=O) groups excluding carboxylic acids is 1. The molecule has 0 fully saturated rings. The monoisotopic (exact) mass is 270 g/mol. The average molecular weight is 271 g/mol. The molecule has 1 aromatic rings. The minimum absolute atomic E-state index is 0.0183. The molecular formula is C11H15BrN2O. The summed E-state index contributed by atoms with van der Waals surface area (Å²) in [6.07, 6.45) is 0. The molecule has 0 spiro atoms. The summed E-state index contributed by atoms with van der Waals surface area (Å²) in [7, 11) is 1.77. The van der Waals surface area contributed by atoms with Gasteiger partial charge in [-0.25, -0.2) is 4.98 Å². The molecule has 0 aromatic carbocycles. The van der Waals surface area contributed by atoms with Crippen molar-refractivity contribution in [2.75, 3.05) is 11.9 Å². The highest BCUT2D eigenvalue weighted by molar-refractivity contribution is 9.10. The summed E-state index contributed by atoms with van der Waals surface area (Å²) >= 11 is 3.40. The maximum atomic E-state index is 11.3. The highest BCUT2D eigenvalue weighted by Crippen LogP contribution is 2.29. The van der Waals surface area contributed by atoms with Crippen LogP contribution in [0.3, 0.4) is 0 Å². The zero-order valence-corrected chi connectivity index (χ0v) is 11.3. The van der Waals surface area contributed by atoms with E-state index in [0.29, 0.717) is 0 Å². The molecule has 82 valence electrons. The molecule has 1 heterocycles. The van der Waals surface area contributed by atoms with E-state index in [1.54, 1.807) is 18.9 Å². The molecule has 0 saturated carbocycles. The Labute approximate surface area is 98.6 Å². The minimum Gasteiger partial charge on any atom is -0.314 e. The van der Waals surface area contributed by atoms with Crippen LogP contribution >= 0.6 is 15.9 Å². The first-order valence-electron chi connectivity index (χ1n) is 4.73. The van der Waals surface area contributed by atoms with E-state index < -0.39 is 0 Å². The van der Waals surface area contributed by atoms with Crippen LogP contribution < -0.4 is 4.90 Å². The summed E-state index contributed by atoms with van der Waals surface area (Å²) in [5.41, 5.74) is 3.93. The number of hydrogen-bond donors (Lipinski definition) is 0. The number of halogens is 1. The van der Waals surface area contributed by atoms with Gasteiger partial charge in [0.2, 0.25) is 5.91 Å². The van der Waals surface area contributed by atoms with E-state index in [1.807, 2.05) is 20.8 Å². The van der Waals surface area contributed by atoms with Gasteiger partial charge in [0.25, 0.3) is 0 Å². The molecule has 3 nitrogen and oxygen atoms in total. The van der Waals surface area contributed by atoms with Crippen molar-refractivity contribution in [3.05, 3.63) is 21.4 Å². The number of nitrogens with zero attached hydrogens (tertiary/aromatic N) is 2. The Morgan fingerprint density at radius 1 is 1.27 bits per heavy atom. The number of anilines is 1. The summed E-state index contributed by atoms with van der Waals surface area (Å²) in [5, 5.41) is 0. The van der Waals surface area contributed by atoms with E-state index in [1.165, 1.54) is 0 Å². The first kappa shape index (κ1) is 12.2. The standard InChI is InChI=1S/C11H15BrN2O/c1-6-7(2)11(12)13-8(3)10(6)14(5)9(4)15/h1-5H3. The molecule has 0 aliphatic rings. The molecule has 0 N–H and O–H groups in total. The lowest BCUT2D eigenvalue weighted by molar-refractivity contribution is -0.116. The van der Waals surface area contributed by atoms with Crippen LogP contribution in [0.2, 0.25) is 0 Å². The molecule has 0 atom stereocenters. The normalized spacial score (nSPS) is 10.3. The first-order valence-corrected chi connectivity index (χ1v) is 5.53. The Kier molecular flexibility index (Phi) is 3.50. The van der Waals surface area contributed by atoms with Crippen LogP contribution in [0, 0.1) is 20.8 Å². The molecule has 1 amide bonds. The van der Waals surface area contributed by atoms with Crippen LogP contribution in [-0.2, 0) is 4.79 Å². The lowest BCUT2D eigenvalue weighted by Crippen LogP contribution is -2.25. The van der Waals surface area contributed by atoms with Gasteiger partial charge in [0, 0.05) is 14.0 Å². The maximum Gasteiger partial charge on any atom is 0.223 e. The van der Waals surface area contributed by atoms with Gasteiger partial charge in [-0.15, -0.1) is 0 Å². The smallest absolute Gasteiger partial charge is 0.223 e. The minimum atomic E-state index is 0.0183. The van der Waals surface area contributed by atoms with Gasteiger partial charge >= 0.3 is 0 Å². The van der Waals surface area contributed by atoms with Gasteiger partial charge in [-0.2, -0.15) is 0 Å². The Bertz CT molecular complexity index is 416. The van der Waals surface area contributed by atoms with E-state index in [9.17, 15) is 4.79 Å². The highest BCUT2D eigenvalue weighted by Gasteiger charge is 2.15. The van der Waals surface area contributed by atoms with E-state index in [-0.39, 0.29) is 5.91 Å². The molecule has 1 rings (SSSR count). The number of rotatable bonds is 1. The summed E-state index contributed by atoms with van der Waals surface area (Å²) in [4.78, 5) is 17.3. The van der Waals surface area contributed by atoms with Crippen molar-refractivity contribution in [3.8, 4) is 0 Å². The molecule has 1 aromatic heterocycles. The van der Waals surface area contributed by atoms with Crippen LogP contribution in [0.15, 0.2) is 4.60 Å². The lowest BCUT2D eigenvalue weighted by Gasteiger charge is -2.21. The Balaban J connectivity index is 3.42. The molecule has 0 radical (unpaired) electrons. The highest BCUT2D eigenvalue weighted by atomic mass is 79.9. The Morgan fingerprint density at radius 2 is 1.80 bits per heavy atom. The molecule has 0 aliphatic carbocycles. The van der Waals surface area contributed by atoms with Gasteiger partial charge in [-0.3, -0.25) is 4.79 Å². The second-order valence-corrected chi connectivity index (χ2v) is 4.42. The van der Waals surface area contributed by atoms with Crippen molar-refractivity contribution in [3.63, 3.8) is 0 Å². The van der Waals surface area contributed by atoms with Gasteiger partial charge in [0.05, 0.1) is 11.4 Å². The Hall–Kier alpha value is -0.900. The number of carbonyl (C=O) groups is 1. The molecule has 4 heteroatoms. The maximum absolute atomic E-state index is 11.3. The fourth-order valence-corrected chi connectivity index (χ4v) is 2.10.